The van der Waals surface area contributed by atoms with Gasteiger partial charge in [0.05, 0.1) is 0 Å². The summed E-state index contributed by atoms with van der Waals surface area (Å²) in [5.41, 5.74) is 1.17. The van der Waals surface area contributed by atoms with E-state index in [0.717, 1.165) is 0 Å². The molecule has 0 heteroatoms. The largest absolute Gasteiger partial charge is 0.0985 e. The maximum Gasteiger partial charge on any atom is -0.0172 e. The molecule has 16 heavy (non-hydrogen) atoms. The molecule has 0 amide bonds. The Hall–Kier alpha value is -2.08. The molecule has 0 aliphatic rings. The van der Waals surface area contributed by atoms with Crippen molar-refractivity contribution < 1.29 is 0 Å². The Labute approximate surface area is 94.8 Å². The molecule has 0 aliphatic carbocycles. The summed E-state index contributed by atoms with van der Waals surface area (Å²) in [6.07, 6.45) is 1.88. The second kappa shape index (κ2) is 3.49. The van der Waals surface area contributed by atoms with Gasteiger partial charge in [0.1, 0.15) is 0 Å². The van der Waals surface area contributed by atoms with Crippen molar-refractivity contribution >= 4 is 27.6 Å². The Morgan fingerprint density at radius 2 is 1.31 bits per heavy atom. The average Bonchev–Trinajstić information content (AvgIpc) is 2.35. The summed E-state index contributed by atoms with van der Waals surface area (Å²) in [6.45, 7) is 3.80. The maximum absolute atomic E-state index is 3.80. The zero-order chi connectivity index (χ0) is 11.0. The van der Waals surface area contributed by atoms with Gasteiger partial charge in [-0.05, 0) is 45.3 Å². The topological polar surface area (TPSA) is 0 Å². The van der Waals surface area contributed by atoms with Gasteiger partial charge in [0.2, 0.25) is 0 Å². The van der Waals surface area contributed by atoms with Crippen LogP contribution in [0.1, 0.15) is 5.56 Å². The summed E-state index contributed by atoms with van der Waals surface area (Å²) in [5, 5.41) is 5.14. The molecule has 3 aromatic carbocycles. The summed E-state index contributed by atoms with van der Waals surface area (Å²) in [7, 11) is 0. The molecular formula is C16H12. The van der Waals surface area contributed by atoms with Crippen molar-refractivity contribution in [2.24, 2.45) is 0 Å². The Bertz CT molecular complexity index is 678. The van der Waals surface area contributed by atoms with E-state index in [2.05, 4.69) is 61.2 Å². The van der Waals surface area contributed by atoms with Crippen LogP contribution in [0.4, 0.5) is 0 Å². The van der Waals surface area contributed by atoms with Gasteiger partial charge in [-0.15, -0.1) is 0 Å². The Morgan fingerprint density at radius 1 is 0.688 bits per heavy atom. The van der Waals surface area contributed by atoms with Crippen LogP contribution in [-0.2, 0) is 0 Å². The van der Waals surface area contributed by atoms with E-state index in [1.165, 1.54) is 27.1 Å². The molecule has 0 saturated carbocycles. The van der Waals surface area contributed by atoms with Crippen molar-refractivity contribution in [2.75, 3.05) is 0 Å². The molecule has 0 nitrogen and oxygen atoms in total. The maximum atomic E-state index is 3.80. The molecule has 0 aliphatic heterocycles. The number of hydrogen-bond donors (Lipinski definition) is 0. The number of hydrogen-bond acceptors (Lipinski definition) is 0. The van der Waals surface area contributed by atoms with Crippen LogP contribution >= 0.6 is 0 Å². The summed E-state index contributed by atoms with van der Waals surface area (Å²) in [5.74, 6) is 0. The normalized spacial score (nSPS) is 10.8. The summed E-state index contributed by atoms with van der Waals surface area (Å²) in [6, 6.07) is 19.3. The molecule has 76 valence electrons. The highest BCUT2D eigenvalue weighted by Gasteiger charge is 1.97. The van der Waals surface area contributed by atoms with Crippen LogP contribution in [0.15, 0.2) is 61.2 Å². The van der Waals surface area contributed by atoms with Gasteiger partial charge in [-0.2, -0.15) is 0 Å². The molecule has 0 saturated heterocycles. The quantitative estimate of drug-likeness (QED) is 0.507. The van der Waals surface area contributed by atoms with E-state index in [0.29, 0.717) is 0 Å². The summed E-state index contributed by atoms with van der Waals surface area (Å²) < 4.78 is 0. The van der Waals surface area contributed by atoms with Crippen LogP contribution in [0.25, 0.3) is 27.6 Å². The van der Waals surface area contributed by atoms with Gasteiger partial charge in [-0.25, -0.2) is 0 Å². The van der Waals surface area contributed by atoms with Gasteiger partial charge >= 0.3 is 0 Å². The molecule has 3 rings (SSSR count). The monoisotopic (exact) mass is 204 g/mol. The van der Waals surface area contributed by atoms with Crippen molar-refractivity contribution in [3.63, 3.8) is 0 Å². The number of fused-ring (bicyclic) bond motifs is 2. The minimum Gasteiger partial charge on any atom is -0.0985 e. The number of rotatable bonds is 1. The highest BCUT2D eigenvalue weighted by atomic mass is 14.0. The zero-order valence-electron chi connectivity index (χ0n) is 8.98. The minimum absolute atomic E-state index is 1.17. The Balaban J connectivity index is 2.41. The lowest BCUT2D eigenvalue weighted by Gasteiger charge is -2.03. The van der Waals surface area contributed by atoms with Crippen molar-refractivity contribution in [3.8, 4) is 0 Å². The SMILES string of the molecule is C=Cc1ccc2cc3ccccc3cc2c1. The summed E-state index contributed by atoms with van der Waals surface area (Å²) in [4.78, 5) is 0. The van der Waals surface area contributed by atoms with E-state index in [1.54, 1.807) is 0 Å². The van der Waals surface area contributed by atoms with E-state index >= 15 is 0 Å². The highest BCUT2D eigenvalue weighted by Crippen LogP contribution is 2.23. The first kappa shape index (κ1) is 9.17. The third kappa shape index (κ3) is 1.40. The molecule has 0 atom stereocenters. The van der Waals surface area contributed by atoms with Crippen LogP contribution in [-0.4, -0.2) is 0 Å². The Kier molecular flexibility index (Phi) is 2.00. The van der Waals surface area contributed by atoms with E-state index in [4.69, 9.17) is 0 Å². The molecule has 0 unspecified atom stereocenters. The van der Waals surface area contributed by atoms with Gasteiger partial charge in [0.15, 0.2) is 0 Å². The fourth-order valence-electron chi connectivity index (χ4n) is 2.09. The molecule has 0 spiro atoms. The average molecular weight is 204 g/mol. The first-order chi connectivity index (χ1) is 7.86. The van der Waals surface area contributed by atoms with Crippen molar-refractivity contribution in [3.05, 3.63) is 66.7 Å². The van der Waals surface area contributed by atoms with Gasteiger partial charge in [0, 0.05) is 0 Å². The van der Waals surface area contributed by atoms with Crippen molar-refractivity contribution in [1.82, 2.24) is 0 Å². The second-order valence-electron chi connectivity index (χ2n) is 4.01. The van der Waals surface area contributed by atoms with Gasteiger partial charge in [-0.3, -0.25) is 0 Å². The number of benzene rings is 3. The molecule has 3 aromatic rings. The predicted octanol–water partition coefficient (Wildman–Crippen LogP) is 4.64. The fraction of sp³-hybridized carbons (Fsp3) is 0. The molecular weight excluding hydrogens is 192 g/mol. The lowest BCUT2D eigenvalue weighted by Crippen LogP contribution is -1.77. The second-order valence-corrected chi connectivity index (χ2v) is 4.01. The molecule has 0 aromatic heterocycles. The lowest BCUT2D eigenvalue weighted by atomic mass is 10.0. The van der Waals surface area contributed by atoms with Crippen LogP contribution in [0.2, 0.25) is 0 Å². The highest BCUT2D eigenvalue weighted by molar-refractivity contribution is 5.98. The first-order valence-electron chi connectivity index (χ1n) is 5.42. The van der Waals surface area contributed by atoms with E-state index < -0.39 is 0 Å². The minimum atomic E-state index is 1.17. The molecule has 0 bridgehead atoms. The van der Waals surface area contributed by atoms with Crippen LogP contribution in [0, 0.1) is 0 Å². The van der Waals surface area contributed by atoms with Gasteiger partial charge in [0.25, 0.3) is 0 Å². The summed E-state index contributed by atoms with van der Waals surface area (Å²) >= 11 is 0. The molecule has 0 radical (unpaired) electrons. The van der Waals surface area contributed by atoms with Gasteiger partial charge < -0.3 is 0 Å². The standard InChI is InChI=1S/C16H12/c1-2-12-7-8-15-10-13-5-3-4-6-14(13)11-16(15)9-12/h2-11H,1H2. The zero-order valence-corrected chi connectivity index (χ0v) is 8.98. The predicted molar refractivity (Wildman–Crippen MR) is 71.5 cm³/mol. The molecule has 0 fully saturated rings. The van der Waals surface area contributed by atoms with Crippen molar-refractivity contribution in [1.29, 1.82) is 0 Å². The fourth-order valence-corrected chi connectivity index (χ4v) is 2.09. The van der Waals surface area contributed by atoms with E-state index in [1.807, 2.05) is 6.08 Å². The Morgan fingerprint density at radius 3 is 2.00 bits per heavy atom. The first-order valence-corrected chi connectivity index (χ1v) is 5.42. The van der Waals surface area contributed by atoms with Gasteiger partial charge in [-0.1, -0.05) is 49.1 Å². The van der Waals surface area contributed by atoms with Crippen LogP contribution < -0.4 is 0 Å². The van der Waals surface area contributed by atoms with Crippen LogP contribution in [0.5, 0.6) is 0 Å². The third-order valence-corrected chi connectivity index (χ3v) is 2.96. The third-order valence-electron chi connectivity index (χ3n) is 2.96. The molecule has 0 N–H and O–H groups in total. The smallest absolute Gasteiger partial charge is 0.0172 e. The van der Waals surface area contributed by atoms with E-state index in [9.17, 15) is 0 Å². The van der Waals surface area contributed by atoms with E-state index in [-0.39, 0.29) is 0 Å². The lowest BCUT2D eigenvalue weighted by molar-refractivity contribution is 1.73. The van der Waals surface area contributed by atoms with Crippen molar-refractivity contribution in [2.45, 2.75) is 0 Å². The van der Waals surface area contributed by atoms with Crippen LogP contribution in [0.3, 0.4) is 0 Å². The molecule has 0 heterocycles.